The Balaban J connectivity index is 1.50. The summed E-state index contributed by atoms with van der Waals surface area (Å²) in [5.41, 5.74) is 0.968. The predicted molar refractivity (Wildman–Crippen MR) is 137 cm³/mol. The number of halogens is 4. The molecule has 1 saturated heterocycles. The minimum absolute atomic E-state index is 0.109. The first kappa shape index (κ1) is 28.1. The zero-order chi connectivity index (χ0) is 27.7. The highest BCUT2D eigenvalue weighted by Crippen LogP contribution is 2.37. The average molecular weight is 547 g/mol. The smallest absolute Gasteiger partial charge is 0.406 e. The third kappa shape index (κ3) is 6.75. The maximum absolute atomic E-state index is 13.1. The SMILES string of the molecule is CC1(C)OB(c2ccc(OC(F)(F)F)cc2CSc2ccc(C(=O)Cc3ccc(F)cc3)cn2)OC1(C)C. The molecule has 11 heteroatoms. The molecular formula is C27H26BF4NO4S. The normalized spacial score (nSPS) is 16.5. The van der Waals surface area contributed by atoms with E-state index >= 15 is 0 Å². The third-order valence-corrected chi connectivity index (χ3v) is 7.56. The number of rotatable bonds is 8. The molecule has 1 fully saturated rings. The van der Waals surface area contributed by atoms with Crippen LogP contribution >= 0.6 is 11.8 Å². The number of carbonyl (C=O) groups is 1. The standard InChI is InChI=1S/C27H26BF4NO4S/c1-25(2)26(3,4)37-28(36-25)22-11-10-21(35-27(30,31)32)14-19(22)16-38-24-12-7-18(15-33-24)23(34)13-17-5-8-20(29)9-6-17/h5-12,14-15H,13,16H2,1-4H3. The molecule has 38 heavy (non-hydrogen) atoms. The van der Waals surface area contributed by atoms with Crippen molar-refractivity contribution >= 4 is 30.1 Å². The first-order valence-corrected chi connectivity index (χ1v) is 12.8. The predicted octanol–water partition coefficient (Wildman–Crippen LogP) is 6.14. The molecule has 1 aromatic heterocycles. The van der Waals surface area contributed by atoms with Gasteiger partial charge in [0, 0.05) is 23.9 Å². The highest BCUT2D eigenvalue weighted by Gasteiger charge is 2.52. The van der Waals surface area contributed by atoms with Crippen molar-refractivity contribution in [2.45, 2.75) is 62.5 Å². The maximum atomic E-state index is 13.1. The third-order valence-electron chi connectivity index (χ3n) is 6.57. The number of thioether (sulfide) groups is 1. The van der Waals surface area contributed by atoms with Crippen LogP contribution in [0.1, 0.15) is 49.2 Å². The lowest BCUT2D eigenvalue weighted by Gasteiger charge is -2.32. The summed E-state index contributed by atoms with van der Waals surface area (Å²) in [6.07, 6.45) is -3.27. The van der Waals surface area contributed by atoms with E-state index in [4.69, 9.17) is 9.31 Å². The van der Waals surface area contributed by atoms with Gasteiger partial charge in [0.25, 0.3) is 0 Å². The van der Waals surface area contributed by atoms with Crippen LogP contribution in [0.15, 0.2) is 65.8 Å². The summed E-state index contributed by atoms with van der Waals surface area (Å²) in [4.78, 5) is 16.9. The molecule has 0 atom stereocenters. The van der Waals surface area contributed by atoms with Gasteiger partial charge in [-0.05, 0) is 80.7 Å². The molecule has 2 heterocycles. The van der Waals surface area contributed by atoms with E-state index in [1.54, 1.807) is 24.3 Å². The molecule has 0 aliphatic carbocycles. The molecule has 5 nitrogen and oxygen atoms in total. The number of aromatic nitrogens is 1. The number of nitrogens with zero attached hydrogens (tertiary/aromatic N) is 1. The molecule has 0 N–H and O–H groups in total. The van der Waals surface area contributed by atoms with Crippen molar-refractivity contribution in [1.82, 2.24) is 4.98 Å². The van der Waals surface area contributed by atoms with Crippen molar-refractivity contribution in [3.8, 4) is 5.75 Å². The summed E-state index contributed by atoms with van der Waals surface area (Å²) in [5, 5.41) is 0.574. The van der Waals surface area contributed by atoms with Gasteiger partial charge in [-0.15, -0.1) is 24.9 Å². The molecule has 4 rings (SSSR count). The quantitative estimate of drug-likeness (QED) is 0.146. The van der Waals surface area contributed by atoms with Gasteiger partial charge in [-0.25, -0.2) is 9.37 Å². The molecule has 0 radical (unpaired) electrons. The summed E-state index contributed by atoms with van der Waals surface area (Å²) in [5.74, 6) is -0.630. The number of ketones is 1. The van der Waals surface area contributed by atoms with Crippen molar-refractivity contribution in [1.29, 1.82) is 0 Å². The van der Waals surface area contributed by atoms with Gasteiger partial charge < -0.3 is 14.0 Å². The van der Waals surface area contributed by atoms with Gasteiger partial charge in [0.1, 0.15) is 11.6 Å². The van der Waals surface area contributed by atoms with E-state index in [0.29, 0.717) is 27.2 Å². The monoisotopic (exact) mass is 547 g/mol. The van der Waals surface area contributed by atoms with Crippen LogP contribution in [0.2, 0.25) is 0 Å². The van der Waals surface area contributed by atoms with Crippen molar-refractivity contribution in [2.24, 2.45) is 0 Å². The van der Waals surface area contributed by atoms with Crippen molar-refractivity contribution in [3.05, 3.63) is 83.3 Å². The Hall–Kier alpha value is -2.89. The van der Waals surface area contributed by atoms with Gasteiger partial charge in [-0.2, -0.15) is 0 Å². The lowest BCUT2D eigenvalue weighted by Crippen LogP contribution is -2.41. The topological polar surface area (TPSA) is 57.7 Å². The molecule has 0 unspecified atom stereocenters. The second-order valence-electron chi connectivity index (χ2n) is 9.90. The Labute approximate surface area is 223 Å². The molecule has 1 aliphatic rings. The van der Waals surface area contributed by atoms with E-state index < -0.39 is 24.7 Å². The summed E-state index contributed by atoms with van der Waals surface area (Å²) < 4.78 is 68.0. The Morgan fingerprint density at radius 1 is 1.00 bits per heavy atom. The molecule has 1 aliphatic heterocycles. The first-order valence-electron chi connectivity index (χ1n) is 11.8. The van der Waals surface area contributed by atoms with Crippen LogP contribution < -0.4 is 10.2 Å². The number of Topliss-reactive ketones (excluding diaryl/α,β-unsaturated/α-hetero) is 1. The van der Waals surface area contributed by atoms with Crippen LogP contribution in [-0.4, -0.2) is 35.5 Å². The highest BCUT2D eigenvalue weighted by atomic mass is 32.2. The number of hydrogen-bond donors (Lipinski definition) is 0. The van der Waals surface area contributed by atoms with E-state index in [1.807, 2.05) is 27.7 Å². The summed E-state index contributed by atoms with van der Waals surface area (Å²) in [6.45, 7) is 7.58. The fourth-order valence-corrected chi connectivity index (χ4v) is 4.62. The summed E-state index contributed by atoms with van der Waals surface area (Å²) in [7, 11) is -0.769. The second-order valence-corrected chi connectivity index (χ2v) is 10.9. The minimum atomic E-state index is -4.83. The van der Waals surface area contributed by atoms with Gasteiger partial charge in [0.2, 0.25) is 0 Å². The van der Waals surface area contributed by atoms with E-state index in [2.05, 4.69) is 9.72 Å². The zero-order valence-corrected chi connectivity index (χ0v) is 22.1. The van der Waals surface area contributed by atoms with Crippen LogP contribution in [0, 0.1) is 5.82 Å². The fraction of sp³-hybridized carbons (Fsp3) is 0.333. The number of hydrogen-bond acceptors (Lipinski definition) is 6. The van der Waals surface area contributed by atoms with Crippen LogP contribution in [-0.2, 0) is 21.5 Å². The Morgan fingerprint density at radius 2 is 1.66 bits per heavy atom. The van der Waals surface area contributed by atoms with Gasteiger partial charge in [0.15, 0.2) is 5.78 Å². The van der Waals surface area contributed by atoms with Crippen molar-refractivity contribution in [2.75, 3.05) is 0 Å². The van der Waals surface area contributed by atoms with Crippen LogP contribution in [0.3, 0.4) is 0 Å². The molecule has 3 aromatic rings. The molecular weight excluding hydrogens is 521 g/mol. The molecule has 0 spiro atoms. The molecule has 0 saturated carbocycles. The van der Waals surface area contributed by atoms with E-state index in [9.17, 15) is 22.4 Å². The van der Waals surface area contributed by atoms with E-state index in [-0.39, 0.29) is 29.5 Å². The van der Waals surface area contributed by atoms with Gasteiger partial charge in [0.05, 0.1) is 16.2 Å². The largest absolute Gasteiger partial charge is 0.573 e. The lowest BCUT2D eigenvalue weighted by molar-refractivity contribution is -0.274. The summed E-state index contributed by atoms with van der Waals surface area (Å²) >= 11 is 1.29. The van der Waals surface area contributed by atoms with Gasteiger partial charge in [-0.3, -0.25) is 4.79 Å². The molecule has 0 bridgehead atoms. The van der Waals surface area contributed by atoms with Crippen molar-refractivity contribution < 1.29 is 36.4 Å². The molecule has 2 aromatic carbocycles. The maximum Gasteiger partial charge on any atom is 0.573 e. The lowest BCUT2D eigenvalue weighted by atomic mass is 9.76. The second kappa shape index (κ2) is 10.7. The summed E-state index contributed by atoms with van der Waals surface area (Å²) in [6, 6.07) is 13.1. The Bertz CT molecular complexity index is 1280. The number of benzene rings is 2. The Kier molecular flexibility index (Phi) is 7.93. The van der Waals surface area contributed by atoms with E-state index in [0.717, 1.165) is 0 Å². The van der Waals surface area contributed by atoms with Crippen LogP contribution in [0.5, 0.6) is 5.75 Å². The number of alkyl halides is 3. The van der Waals surface area contributed by atoms with Crippen molar-refractivity contribution in [3.63, 3.8) is 0 Å². The Morgan fingerprint density at radius 3 is 2.24 bits per heavy atom. The number of carbonyl (C=O) groups excluding carboxylic acids is 1. The number of pyridine rings is 1. The van der Waals surface area contributed by atoms with Gasteiger partial charge >= 0.3 is 13.5 Å². The van der Waals surface area contributed by atoms with E-state index in [1.165, 1.54) is 48.3 Å². The number of ether oxygens (including phenoxy) is 1. The molecule has 0 amide bonds. The average Bonchev–Trinajstić information content (AvgIpc) is 3.05. The fourth-order valence-electron chi connectivity index (χ4n) is 3.78. The highest BCUT2D eigenvalue weighted by molar-refractivity contribution is 7.98. The first-order chi connectivity index (χ1) is 17.7. The molecule has 200 valence electrons. The zero-order valence-electron chi connectivity index (χ0n) is 21.3. The van der Waals surface area contributed by atoms with Crippen LogP contribution in [0.25, 0.3) is 0 Å². The minimum Gasteiger partial charge on any atom is -0.406 e. The van der Waals surface area contributed by atoms with Crippen LogP contribution in [0.4, 0.5) is 17.6 Å². The van der Waals surface area contributed by atoms with Gasteiger partial charge in [-0.1, -0.05) is 18.2 Å².